The van der Waals surface area contributed by atoms with Crippen LogP contribution in [0.15, 0.2) is 95.6 Å². The van der Waals surface area contributed by atoms with Crippen molar-refractivity contribution in [3.8, 4) is 0 Å². The summed E-state index contributed by atoms with van der Waals surface area (Å²) < 4.78 is 0. The van der Waals surface area contributed by atoms with E-state index in [-0.39, 0.29) is 17.2 Å². The molecule has 0 saturated carbocycles. The third-order valence-corrected chi connectivity index (χ3v) is 4.34. The highest BCUT2D eigenvalue weighted by Crippen LogP contribution is 2.28. The van der Waals surface area contributed by atoms with Crippen LogP contribution >= 0.6 is 0 Å². The number of amidine groups is 1. The SMILES string of the molecule is O=C([O-])c1cccc(N2C(=O)/C(=C/c3ccccc3)N=C2c2ccccc2)c1. The summed E-state index contributed by atoms with van der Waals surface area (Å²) in [5.74, 6) is -1.17. The molecular weight excluding hydrogens is 352 g/mol. The first kappa shape index (κ1) is 17.4. The summed E-state index contributed by atoms with van der Waals surface area (Å²) in [5, 5.41) is 11.3. The van der Waals surface area contributed by atoms with Gasteiger partial charge >= 0.3 is 0 Å². The monoisotopic (exact) mass is 367 g/mol. The molecule has 1 heterocycles. The van der Waals surface area contributed by atoms with Crippen LogP contribution in [-0.2, 0) is 4.79 Å². The molecule has 3 aromatic rings. The van der Waals surface area contributed by atoms with Crippen LogP contribution in [-0.4, -0.2) is 17.7 Å². The van der Waals surface area contributed by atoms with Gasteiger partial charge in [0.15, 0.2) is 0 Å². The van der Waals surface area contributed by atoms with Crippen molar-refractivity contribution in [3.63, 3.8) is 0 Å². The number of benzene rings is 3. The van der Waals surface area contributed by atoms with E-state index in [4.69, 9.17) is 0 Å². The second-order valence-corrected chi connectivity index (χ2v) is 6.22. The van der Waals surface area contributed by atoms with Crippen molar-refractivity contribution in [1.29, 1.82) is 0 Å². The van der Waals surface area contributed by atoms with Crippen LogP contribution in [0.25, 0.3) is 6.08 Å². The van der Waals surface area contributed by atoms with E-state index in [2.05, 4.69) is 4.99 Å². The molecule has 0 radical (unpaired) electrons. The number of carboxylic acid groups (broad SMARTS) is 1. The summed E-state index contributed by atoms with van der Waals surface area (Å²) in [5.41, 5.74) is 2.31. The number of aromatic carboxylic acids is 1. The van der Waals surface area contributed by atoms with E-state index < -0.39 is 5.97 Å². The van der Waals surface area contributed by atoms with Crippen molar-refractivity contribution in [3.05, 3.63) is 107 Å². The highest BCUT2D eigenvalue weighted by Gasteiger charge is 2.32. The molecule has 4 rings (SSSR count). The Kier molecular flexibility index (Phi) is 4.56. The lowest BCUT2D eigenvalue weighted by molar-refractivity contribution is -0.255. The summed E-state index contributed by atoms with van der Waals surface area (Å²) in [6.07, 6.45) is 1.72. The number of carbonyl (C=O) groups is 2. The van der Waals surface area contributed by atoms with E-state index in [0.29, 0.717) is 11.5 Å². The molecule has 28 heavy (non-hydrogen) atoms. The molecular formula is C23H15N2O3-. The fraction of sp³-hybridized carbons (Fsp3) is 0. The minimum atomic E-state index is -1.30. The lowest BCUT2D eigenvalue weighted by Crippen LogP contribution is -2.33. The summed E-state index contributed by atoms with van der Waals surface area (Å²) in [6.45, 7) is 0. The first-order chi connectivity index (χ1) is 13.6. The second-order valence-electron chi connectivity index (χ2n) is 6.22. The zero-order chi connectivity index (χ0) is 19.5. The molecule has 0 spiro atoms. The molecule has 5 heteroatoms. The van der Waals surface area contributed by atoms with Crippen LogP contribution in [0.5, 0.6) is 0 Å². The number of rotatable bonds is 4. The standard InChI is InChI=1S/C23H16N2O3/c26-22-20(14-16-8-3-1-4-9-16)24-21(17-10-5-2-6-11-17)25(22)19-13-7-12-18(15-19)23(27)28/h1-15H,(H,27,28)/p-1/b20-14-. The molecule has 0 N–H and O–H groups in total. The molecule has 1 aliphatic heterocycles. The maximum atomic E-state index is 13.2. The summed E-state index contributed by atoms with van der Waals surface area (Å²) >= 11 is 0. The van der Waals surface area contributed by atoms with Gasteiger partial charge in [0, 0.05) is 5.56 Å². The Labute approximate surface area is 161 Å². The molecule has 0 saturated heterocycles. The largest absolute Gasteiger partial charge is 0.545 e. The Morgan fingerprint density at radius 3 is 2.25 bits per heavy atom. The molecule has 1 amide bonds. The molecule has 1 aliphatic rings. The highest BCUT2D eigenvalue weighted by molar-refractivity contribution is 6.33. The van der Waals surface area contributed by atoms with Crippen LogP contribution in [0, 0.1) is 0 Å². The van der Waals surface area contributed by atoms with Gasteiger partial charge in [0.05, 0.1) is 11.7 Å². The average Bonchev–Trinajstić information content (AvgIpc) is 3.05. The first-order valence-corrected chi connectivity index (χ1v) is 8.70. The third-order valence-electron chi connectivity index (χ3n) is 4.34. The quantitative estimate of drug-likeness (QED) is 0.666. The van der Waals surface area contributed by atoms with Crippen LogP contribution in [0.4, 0.5) is 5.69 Å². The van der Waals surface area contributed by atoms with E-state index in [9.17, 15) is 14.7 Å². The number of hydrogen-bond donors (Lipinski definition) is 0. The second kappa shape index (κ2) is 7.32. The predicted molar refractivity (Wildman–Crippen MR) is 106 cm³/mol. The summed E-state index contributed by atoms with van der Waals surface area (Å²) in [4.78, 5) is 30.4. The zero-order valence-electron chi connectivity index (χ0n) is 14.8. The van der Waals surface area contributed by atoms with E-state index in [0.717, 1.165) is 11.1 Å². The van der Waals surface area contributed by atoms with E-state index in [1.807, 2.05) is 60.7 Å². The van der Waals surface area contributed by atoms with Crippen molar-refractivity contribution in [1.82, 2.24) is 0 Å². The lowest BCUT2D eigenvalue weighted by atomic mass is 10.1. The molecule has 5 nitrogen and oxygen atoms in total. The molecule has 0 fully saturated rings. The van der Waals surface area contributed by atoms with Crippen LogP contribution in [0.3, 0.4) is 0 Å². The number of aliphatic imine (C=N–C) groups is 1. The number of carbonyl (C=O) groups excluding carboxylic acids is 2. The Morgan fingerprint density at radius 1 is 0.893 bits per heavy atom. The zero-order valence-corrected chi connectivity index (χ0v) is 14.8. The molecule has 0 bridgehead atoms. The fourth-order valence-corrected chi connectivity index (χ4v) is 3.02. The lowest BCUT2D eigenvalue weighted by Gasteiger charge is -2.19. The van der Waals surface area contributed by atoms with Gasteiger partial charge in [-0.25, -0.2) is 4.99 Å². The third kappa shape index (κ3) is 3.33. The van der Waals surface area contributed by atoms with Gasteiger partial charge < -0.3 is 9.90 Å². The molecule has 0 aromatic heterocycles. The summed E-state index contributed by atoms with van der Waals surface area (Å²) in [6, 6.07) is 24.8. The van der Waals surface area contributed by atoms with Gasteiger partial charge in [-0.05, 0) is 29.3 Å². The van der Waals surface area contributed by atoms with Gasteiger partial charge in [-0.1, -0.05) is 72.8 Å². The highest BCUT2D eigenvalue weighted by atomic mass is 16.4. The van der Waals surface area contributed by atoms with Crippen molar-refractivity contribution >= 4 is 29.5 Å². The predicted octanol–water partition coefficient (Wildman–Crippen LogP) is 2.88. The Morgan fingerprint density at radius 2 is 1.57 bits per heavy atom. The topological polar surface area (TPSA) is 72.8 Å². The smallest absolute Gasteiger partial charge is 0.282 e. The minimum Gasteiger partial charge on any atom is -0.545 e. The summed E-state index contributed by atoms with van der Waals surface area (Å²) in [7, 11) is 0. The van der Waals surface area contributed by atoms with Gasteiger partial charge in [-0.2, -0.15) is 0 Å². The van der Waals surface area contributed by atoms with Crippen LogP contribution in [0.2, 0.25) is 0 Å². The number of anilines is 1. The molecule has 0 aliphatic carbocycles. The first-order valence-electron chi connectivity index (χ1n) is 8.70. The van der Waals surface area contributed by atoms with E-state index in [1.54, 1.807) is 18.2 Å². The molecule has 136 valence electrons. The van der Waals surface area contributed by atoms with Crippen molar-refractivity contribution < 1.29 is 14.7 Å². The fourth-order valence-electron chi connectivity index (χ4n) is 3.02. The van der Waals surface area contributed by atoms with Gasteiger partial charge in [0.2, 0.25) is 0 Å². The average molecular weight is 367 g/mol. The Bertz CT molecular complexity index is 1100. The Balaban J connectivity index is 1.84. The van der Waals surface area contributed by atoms with Gasteiger partial charge in [0.25, 0.3) is 5.91 Å². The van der Waals surface area contributed by atoms with Crippen molar-refractivity contribution in [2.75, 3.05) is 4.90 Å². The molecule has 0 atom stereocenters. The minimum absolute atomic E-state index is 0.00167. The van der Waals surface area contributed by atoms with E-state index >= 15 is 0 Å². The van der Waals surface area contributed by atoms with Crippen LogP contribution < -0.4 is 10.0 Å². The number of hydrogen-bond acceptors (Lipinski definition) is 4. The maximum Gasteiger partial charge on any atom is 0.282 e. The number of amides is 1. The Hall–Kier alpha value is -3.99. The maximum absolute atomic E-state index is 13.2. The van der Waals surface area contributed by atoms with Gasteiger partial charge in [-0.3, -0.25) is 9.69 Å². The van der Waals surface area contributed by atoms with Crippen molar-refractivity contribution in [2.45, 2.75) is 0 Å². The molecule has 0 unspecified atom stereocenters. The van der Waals surface area contributed by atoms with Crippen LogP contribution in [0.1, 0.15) is 21.5 Å². The van der Waals surface area contributed by atoms with Gasteiger partial charge in [-0.15, -0.1) is 0 Å². The number of nitrogens with zero attached hydrogens (tertiary/aromatic N) is 2. The van der Waals surface area contributed by atoms with Gasteiger partial charge in [0.1, 0.15) is 11.5 Å². The molecule has 3 aromatic carbocycles. The number of carboxylic acids is 1. The normalized spacial score (nSPS) is 15.0. The van der Waals surface area contributed by atoms with E-state index in [1.165, 1.54) is 17.0 Å². The van der Waals surface area contributed by atoms with Crippen molar-refractivity contribution in [2.24, 2.45) is 4.99 Å².